The van der Waals surface area contributed by atoms with Crippen molar-refractivity contribution in [1.82, 2.24) is 0 Å². The van der Waals surface area contributed by atoms with Gasteiger partial charge in [-0.25, -0.2) is 0 Å². The summed E-state index contributed by atoms with van der Waals surface area (Å²) in [6, 6.07) is 6.05. The number of halogens is 2. The van der Waals surface area contributed by atoms with Gasteiger partial charge in [0.2, 0.25) is 0 Å². The van der Waals surface area contributed by atoms with Crippen molar-refractivity contribution in [3.63, 3.8) is 0 Å². The fourth-order valence-corrected chi connectivity index (χ4v) is 2.73. The highest BCUT2D eigenvalue weighted by molar-refractivity contribution is 6.36. The molecule has 2 rings (SSSR count). The van der Waals surface area contributed by atoms with E-state index in [0.29, 0.717) is 22.2 Å². The Balaban J connectivity index is 1.93. The van der Waals surface area contributed by atoms with Crippen molar-refractivity contribution in [2.24, 2.45) is 0 Å². The van der Waals surface area contributed by atoms with Gasteiger partial charge in [-0.2, -0.15) is 0 Å². The molecule has 17 heavy (non-hydrogen) atoms. The van der Waals surface area contributed by atoms with Gasteiger partial charge < -0.3 is 10.1 Å². The normalized spacial score (nSPS) is 24.6. The first-order valence-corrected chi connectivity index (χ1v) is 6.69. The maximum Gasteiger partial charge on any atom is 0.0652 e. The molecule has 0 saturated heterocycles. The smallest absolute Gasteiger partial charge is 0.0652 e. The largest absolute Gasteiger partial charge is 0.381 e. The van der Waals surface area contributed by atoms with Crippen LogP contribution in [0, 0.1) is 0 Å². The average molecular weight is 274 g/mol. The highest BCUT2D eigenvalue weighted by Crippen LogP contribution is 2.29. The van der Waals surface area contributed by atoms with Gasteiger partial charge in [-0.05, 0) is 43.9 Å². The Morgan fingerprint density at radius 1 is 1.18 bits per heavy atom. The van der Waals surface area contributed by atoms with Gasteiger partial charge in [0.05, 0.1) is 16.8 Å². The lowest BCUT2D eigenvalue weighted by Crippen LogP contribution is -2.29. The molecule has 1 aromatic rings. The number of hydrogen-bond donors (Lipinski definition) is 1. The van der Waals surface area contributed by atoms with Gasteiger partial charge in [0.1, 0.15) is 0 Å². The van der Waals surface area contributed by atoms with Crippen molar-refractivity contribution in [3.8, 4) is 0 Å². The Bertz CT molecular complexity index is 376. The molecule has 1 saturated carbocycles. The highest BCUT2D eigenvalue weighted by Gasteiger charge is 2.21. The topological polar surface area (TPSA) is 21.3 Å². The first-order chi connectivity index (χ1) is 8.19. The summed E-state index contributed by atoms with van der Waals surface area (Å²) < 4.78 is 5.36. The summed E-state index contributed by atoms with van der Waals surface area (Å²) in [5.74, 6) is 0. The number of benzene rings is 1. The molecule has 1 aliphatic carbocycles. The van der Waals surface area contributed by atoms with Crippen LogP contribution in [0.15, 0.2) is 18.2 Å². The minimum Gasteiger partial charge on any atom is -0.381 e. The fourth-order valence-electron chi connectivity index (χ4n) is 2.27. The molecule has 1 aromatic carbocycles. The first-order valence-electron chi connectivity index (χ1n) is 5.93. The van der Waals surface area contributed by atoms with Crippen LogP contribution in [0.1, 0.15) is 25.7 Å². The van der Waals surface area contributed by atoms with E-state index in [4.69, 9.17) is 27.9 Å². The SMILES string of the molecule is COC1CCC(Nc2ccc(Cl)cc2Cl)CC1. The van der Waals surface area contributed by atoms with Gasteiger partial charge in [-0.1, -0.05) is 23.2 Å². The molecule has 0 spiro atoms. The minimum atomic E-state index is 0.425. The molecular weight excluding hydrogens is 257 g/mol. The van der Waals surface area contributed by atoms with E-state index >= 15 is 0 Å². The van der Waals surface area contributed by atoms with Crippen molar-refractivity contribution in [2.75, 3.05) is 12.4 Å². The van der Waals surface area contributed by atoms with E-state index in [1.54, 1.807) is 13.2 Å². The Morgan fingerprint density at radius 2 is 1.88 bits per heavy atom. The number of rotatable bonds is 3. The molecule has 0 heterocycles. The van der Waals surface area contributed by atoms with Crippen LogP contribution in [0.3, 0.4) is 0 Å². The van der Waals surface area contributed by atoms with E-state index in [1.165, 1.54) is 0 Å². The van der Waals surface area contributed by atoms with E-state index in [9.17, 15) is 0 Å². The van der Waals surface area contributed by atoms with Crippen molar-refractivity contribution >= 4 is 28.9 Å². The molecule has 2 nitrogen and oxygen atoms in total. The van der Waals surface area contributed by atoms with Crippen molar-refractivity contribution in [1.29, 1.82) is 0 Å². The zero-order valence-electron chi connectivity index (χ0n) is 9.88. The van der Waals surface area contributed by atoms with Crippen LogP contribution in [0.25, 0.3) is 0 Å². The third kappa shape index (κ3) is 3.51. The molecule has 0 bridgehead atoms. The van der Waals surface area contributed by atoms with Crippen LogP contribution in [0.4, 0.5) is 5.69 Å². The number of methoxy groups -OCH3 is 1. The molecule has 0 unspecified atom stereocenters. The lowest BCUT2D eigenvalue weighted by atomic mass is 9.93. The second kappa shape index (κ2) is 5.94. The maximum absolute atomic E-state index is 6.13. The average Bonchev–Trinajstić information content (AvgIpc) is 2.34. The Kier molecular flexibility index (Phi) is 4.55. The number of ether oxygens (including phenoxy) is 1. The Hall–Kier alpha value is -0.440. The van der Waals surface area contributed by atoms with E-state index < -0.39 is 0 Å². The molecule has 0 atom stereocenters. The lowest BCUT2D eigenvalue weighted by Gasteiger charge is -2.29. The predicted octanol–water partition coefficient (Wildman–Crippen LogP) is 4.36. The highest BCUT2D eigenvalue weighted by atomic mass is 35.5. The monoisotopic (exact) mass is 273 g/mol. The van der Waals surface area contributed by atoms with Gasteiger partial charge >= 0.3 is 0 Å². The van der Waals surface area contributed by atoms with Crippen LogP contribution < -0.4 is 5.32 Å². The molecule has 0 aromatic heterocycles. The summed E-state index contributed by atoms with van der Waals surface area (Å²) in [7, 11) is 1.79. The Labute approximate surface area is 112 Å². The molecule has 1 fully saturated rings. The van der Waals surface area contributed by atoms with Crippen LogP contribution in [0.5, 0.6) is 0 Å². The standard InChI is InChI=1S/C13H17Cl2NO/c1-17-11-5-3-10(4-6-11)16-13-7-2-9(14)8-12(13)15/h2,7-8,10-11,16H,3-6H2,1H3. The van der Waals surface area contributed by atoms with Gasteiger partial charge in [-0.3, -0.25) is 0 Å². The third-order valence-electron chi connectivity index (χ3n) is 3.30. The summed E-state index contributed by atoms with van der Waals surface area (Å²) in [4.78, 5) is 0. The van der Waals surface area contributed by atoms with Crippen LogP contribution in [-0.4, -0.2) is 19.3 Å². The van der Waals surface area contributed by atoms with Crippen molar-refractivity contribution in [3.05, 3.63) is 28.2 Å². The first kappa shape index (κ1) is 13.0. The quantitative estimate of drug-likeness (QED) is 0.884. The zero-order chi connectivity index (χ0) is 12.3. The zero-order valence-corrected chi connectivity index (χ0v) is 11.4. The van der Waals surface area contributed by atoms with Crippen molar-refractivity contribution in [2.45, 2.75) is 37.8 Å². The number of hydrogen-bond acceptors (Lipinski definition) is 2. The lowest BCUT2D eigenvalue weighted by molar-refractivity contribution is 0.0682. The van der Waals surface area contributed by atoms with E-state index in [0.717, 1.165) is 31.4 Å². The molecule has 1 aliphatic rings. The number of anilines is 1. The second-order valence-corrected chi connectivity index (χ2v) is 5.32. The van der Waals surface area contributed by atoms with Gasteiger partial charge in [0.15, 0.2) is 0 Å². The molecular formula is C13H17Cl2NO. The molecule has 0 aliphatic heterocycles. The van der Waals surface area contributed by atoms with Gasteiger partial charge in [-0.15, -0.1) is 0 Å². The van der Waals surface area contributed by atoms with Crippen molar-refractivity contribution < 1.29 is 4.74 Å². The van der Waals surface area contributed by atoms with Gasteiger partial charge in [0.25, 0.3) is 0 Å². The Morgan fingerprint density at radius 3 is 2.47 bits per heavy atom. The second-order valence-electron chi connectivity index (χ2n) is 4.48. The molecule has 0 radical (unpaired) electrons. The van der Waals surface area contributed by atoms with Crippen LogP contribution in [-0.2, 0) is 4.74 Å². The van der Waals surface area contributed by atoms with Crippen LogP contribution >= 0.6 is 23.2 Å². The summed E-state index contributed by atoms with van der Waals surface area (Å²) in [6.45, 7) is 0. The summed E-state index contributed by atoms with van der Waals surface area (Å²) >= 11 is 12.0. The molecule has 94 valence electrons. The summed E-state index contributed by atoms with van der Waals surface area (Å²) in [5.41, 5.74) is 0.969. The minimum absolute atomic E-state index is 0.425. The predicted molar refractivity (Wildman–Crippen MR) is 73.1 cm³/mol. The van der Waals surface area contributed by atoms with E-state index in [-0.39, 0.29) is 0 Å². The van der Waals surface area contributed by atoms with Gasteiger partial charge in [0, 0.05) is 18.2 Å². The molecule has 1 N–H and O–H groups in total. The third-order valence-corrected chi connectivity index (χ3v) is 3.85. The summed E-state index contributed by atoms with van der Waals surface area (Å²) in [6.07, 6.45) is 4.89. The van der Waals surface area contributed by atoms with E-state index in [1.807, 2.05) is 12.1 Å². The van der Waals surface area contributed by atoms with Crippen LogP contribution in [0.2, 0.25) is 10.0 Å². The molecule has 0 amide bonds. The van der Waals surface area contributed by atoms with E-state index in [2.05, 4.69) is 5.32 Å². The number of nitrogens with one attached hydrogen (secondary N) is 1. The summed E-state index contributed by atoms with van der Waals surface area (Å²) in [5, 5.41) is 4.83. The maximum atomic E-state index is 6.13. The molecule has 4 heteroatoms. The fraction of sp³-hybridized carbons (Fsp3) is 0.538.